The average Bonchev–Trinajstić information content (AvgIpc) is 2.30. The highest BCUT2D eigenvalue weighted by Gasteiger charge is 2.06. The maximum absolute atomic E-state index is 9.52. The van der Waals surface area contributed by atoms with Gasteiger partial charge in [0.1, 0.15) is 5.82 Å². The fourth-order valence-corrected chi connectivity index (χ4v) is 1.74. The molecule has 2 N–H and O–H groups in total. The normalized spacial score (nSPS) is 12.2. The molecule has 1 aromatic heterocycles. The van der Waals surface area contributed by atoms with E-state index in [1.54, 1.807) is 13.1 Å². The second-order valence-corrected chi connectivity index (χ2v) is 4.09. The van der Waals surface area contributed by atoms with E-state index in [0.717, 1.165) is 22.6 Å². The monoisotopic (exact) mass is 228 g/mol. The lowest BCUT2D eigenvalue weighted by Crippen LogP contribution is -1.99. The highest BCUT2D eigenvalue weighted by atomic mass is 16.3. The molecule has 0 fully saturated rings. The van der Waals surface area contributed by atoms with Gasteiger partial charge in [0, 0.05) is 17.4 Å². The first-order chi connectivity index (χ1) is 8.16. The smallest absolute Gasteiger partial charge is 0.130 e. The van der Waals surface area contributed by atoms with E-state index in [2.05, 4.69) is 10.3 Å². The molecule has 0 amide bonds. The molecule has 17 heavy (non-hydrogen) atoms. The Morgan fingerprint density at radius 1 is 1.24 bits per heavy atom. The van der Waals surface area contributed by atoms with Crippen LogP contribution in [0.5, 0.6) is 0 Å². The third kappa shape index (κ3) is 2.82. The van der Waals surface area contributed by atoms with Crippen LogP contribution in [0.3, 0.4) is 0 Å². The zero-order valence-corrected chi connectivity index (χ0v) is 10.0. The number of hydrogen-bond donors (Lipinski definition) is 2. The number of pyridine rings is 1. The molecule has 0 saturated carbocycles. The largest absolute Gasteiger partial charge is 0.389 e. The lowest BCUT2D eigenvalue weighted by Gasteiger charge is -2.11. The number of aryl methyl sites for hydroxylation is 1. The van der Waals surface area contributed by atoms with Gasteiger partial charge in [-0.1, -0.05) is 18.2 Å². The van der Waals surface area contributed by atoms with Gasteiger partial charge in [-0.05, 0) is 37.6 Å². The van der Waals surface area contributed by atoms with Crippen molar-refractivity contribution in [1.29, 1.82) is 0 Å². The van der Waals surface area contributed by atoms with Crippen LogP contribution in [0, 0.1) is 6.92 Å². The summed E-state index contributed by atoms with van der Waals surface area (Å²) in [5.74, 6) is 0.790. The van der Waals surface area contributed by atoms with E-state index in [0.29, 0.717) is 0 Å². The minimum absolute atomic E-state index is 0.478. The summed E-state index contributed by atoms with van der Waals surface area (Å²) in [7, 11) is 0. The quantitative estimate of drug-likeness (QED) is 0.848. The van der Waals surface area contributed by atoms with Crippen molar-refractivity contribution in [2.45, 2.75) is 20.0 Å². The van der Waals surface area contributed by atoms with Crippen LogP contribution in [0.2, 0.25) is 0 Å². The summed E-state index contributed by atoms with van der Waals surface area (Å²) in [6.45, 7) is 3.72. The summed E-state index contributed by atoms with van der Waals surface area (Å²) in [5.41, 5.74) is 2.90. The van der Waals surface area contributed by atoms with Crippen LogP contribution in [0.4, 0.5) is 11.5 Å². The van der Waals surface area contributed by atoms with Gasteiger partial charge in [-0.3, -0.25) is 0 Å². The molecule has 2 rings (SSSR count). The molecular formula is C14H16N2O. The zero-order valence-electron chi connectivity index (χ0n) is 10.0. The topological polar surface area (TPSA) is 45.2 Å². The van der Waals surface area contributed by atoms with Crippen molar-refractivity contribution >= 4 is 11.5 Å². The third-order valence-corrected chi connectivity index (χ3v) is 2.65. The summed E-state index contributed by atoms with van der Waals surface area (Å²) < 4.78 is 0. The molecule has 0 bridgehead atoms. The Kier molecular flexibility index (Phi) is 3.40. The molecule has 1 atom stereocenters. The third-order valence-electron chi connectivity index (χ3n) is 2.65. The second kappa shape index (κ2) is 4.97. The highest BCUT2D eigenvalue weighted by molar-refractivity contribution is 5.56. The number of aliphatic hydroxyl groups excluding tert-OH is 1. The molecule has 0 aliphatic carbocycles. The lowest BCUT2D eigenvalue weighted by molar-refractivity contribution is 0.198. The fourth-order valence-electron chi connectivity index (χ4n) is 1.74. The lowest BCUT2D eigenvalue weighted by atomic mass is 10.1. The molecule has 3 nitrogen and oxygen atoms in total. The number of hydrogen-bond acceptors (Lipinski definition) is 3. The molecule has 1 aromatic carbocycles. The number of para-hydroxylation sites is 1. The molecule has 0 saturated heterocycles. The Morgan fingerprint density at radius 3 is 2.53 bits per heavy atom. The zero-order chi connectivity index (χ0) is 12.3. The van der Waals surface area contributed by atoms with Gasteiger partial charge in [0.15, 0.2) is 0 Å². The Morgan fingerprint density at radius 2 is 1.94 bits per heavy atom. The minimum atomic E-state index is -0.478. The van der Waals surface area contributed by atoms with Gasteiger partial charge < -0.3 is 10.4 Å². The number of nitrogens with zero attached hydrogens (tertiary/aromatic N) is 1. The molecule has 0 radical (unpaired) electrons. The Balaban J connectivity index is 2.21. The van der Waals surface area contributed by atoms with Crippen LogP contribution in [0.15, 0.2) is 42.6 Å². The maximum Gasteiger partial charge on any atom is 0.130 e. The first-order valence-corrected chi connectivity index (χ1v) is 5.63. The van der Waals surface area contributed by atoms with Gasteiger partial charge in [0.25, 0.3) is 0 Å². The van der Waals surface area contributed by atoms with Crippen molar-refractivity contribution in [1.82, 2.24) is 4.98 Å². The maximum atomic E-state index is 9.52. The number of benzene rings is 1. The number of anilines is 2. The van der Waals surface area contributed by atoms with Gasteiger partial charge >= 0.3 is 0 Å². The molecule has 1 heterocycles. The highest BCUT2D eigenvalue weighted by Crippen LogP contribution is 2.20. The van der Waals surface area contributed by atoms with Gasteiger partial charge in [-0.25, -0.2) is 4.98 Å². The van der Waals surface area contributed by atoms with Crippen molar-refractivity contribution in [2.24, 2.45) is 0 Å². The fraction of sp³-hybridized carbons (Fsp3) is 0.214. The summed E-state index contributed by atoms with van der Waals surface area (Å²) in [6.07, 6.45) is 1.24. The van der Waals surface area contributed by atoms with Crippen LogP contribution in [0.1, 0.15) is 24.2 Å². The average molecular weight is 228 g/mol. The van der Waals surface area contributed by atoms with Gasteiger partial charge in [0.2, 0.25) is 0 Å². The van der Waals surface area contributed by atoms with E-state index in [9.17, 15) is 5.11 Å². The predicted molar refractivity (Wildman–Crippen MR) is 69.3 cm³/mol. The van der Waals surface area contributed by atoms with E-state index in [1.165, 1.54) is 0 Å². The van der Waals surface area contributed by atoms with Crippen LogP contribution in [-0.2, 0) is 0 Å². The van der Waals surface area contributed by atoms with Crippen molar-refractivity contribution < 1.29 is 5.11 Å². The standard InChI is InChI=1S/C14H16N2O/c1-10-8-14(15-9-13(10)11(2)17)16-12-6-4-3-5-7-12/h3-9,11,17H,1-2H3,(H,15,16)/t11-/m1/s1. The van der Waals surface area contributed by atoms with Crippen LogP contribution >= 0.6 is 0 Å². The molecule has 3 heteroatoms. The van der Waals surface area contributed by atoms with E-state index in [1.807, 2.05) is 43.3 Å². The van der Waals surface area contributed by atoms with Crippen LogP contribution in [-0.4, -0.2) is 10.1 Å². The molecule has 0 spiro atoms. The molecule has 0 aliphatic heterocycles. The number of aliphatic hydroxyl groups is 1. The number of aromatic nitrogens is 1. The van der Waals surface area contributed by atoms with E-state index >= 15 is 0 Å². The molecule has 88 valence electrons. The van der Waals surface area contributed by atoms with Crippen molar-refractivity contribution in [3.05, 3.63) is 53.7 Å². The summed E-state index contributed by atoms with van der Waals surface area (Å²) in [5, 5.41) is 12.7. The molecule has 0 unspecified atom stereocenters. The molecule has 0 aliphatic rings. The Hall–Kier alpha value is -1.87. The SMILES string of the molecule is Cc1cc(Nc2ccccc2)ncc1[C@@H](C)O. The second-order valence-electron chi connectivity index (χ2n) is 4.09. The van der Waals surface area contributed by atoms with Gasteiger partial charge in [-0.2, -0.15) is 0 Å². The summed E-state index contributed by atoms with van der Waals surface area (Å²) in [6, 6.07) is 11.8. The number of rotatable bonds is 3. The van der Waals surface area contributed by atoms with Crippen molar-refractivity contribution in [3.63, 3.8) is 0 Å². The van der Waals surface area contributed by atoms with Crippen LogP contribution < -0.4 is 5.32 Å². The first kappa shape index (κ1) is 11.6. The molecular weight excluding hydrogens is 212 g/mol. The predicted octanol–water partition coefficient (Wildman–Crippen LogP) is 3.19. The Labute approximate surface area is 101 Å². The van der Waals surface area contributed by atoms with E-state index < -0.39 is 6.10 Å². The summed E-state index contributed by atoms with van der Waals surface area (Å²) in [4.78, 5) is 4.28. The van der Waals surface area contributed by atoms with Crippen LogP contribution in [0.25, 0.3) is 0 Å². The summed E-state index contributed by atoms with van der Waals surface area (Å²) >= 11 is 0. The van der Waals surface area contributed by atoms with E-state index in [4.69, 9.17) is 0 Å². The Bertz CT molecular complexity index is 495. The molecule has 2 aromatic rings. The van der Waals surface area contributed by atoms with Crippen molar-refractivity contribution in [2.75, 3.05) is 5.32 Å². The number of nitrogens with one attached hydrogen (secondary N) is 1. The minimum Gasteiger partial charge on any atom is -0.389 e. The van der Waals surface area contributed by atoms with Crippen molar-refractivity contribution in [3.8, 4) is 0 Å². The van der Waals surface area contributed by atoms with E-state index in [-0.39, 0.29) is 0 Å². The first-order valence-electron chi connectivity index (χ1n) is 5.63. The van der Waals surface area contributed by atoms with Gasteiger partial charge in [0.05, 0.1) is 6.10 Å². The van der Waals surface area contributed by atoms with Gasteiger partial charge in [-0.15, -0.1) is 0 Å².